The Kier molecular flexibility index (Phi) is 5.69. The number of carbonyl (C=O) groups is 2. The molecule has 0 bridgehead atoms. The van der Waals surface area contributed by atoms with Crippen LogP contribution in [0, 0.1) is 0 Å². The fraction of sp³-hybridized carbons (Fsp3) is 0.273. The number of carbonyl (C=O) groups excluding carboxylic acids is 2. The van der Waals surface area contributed by atoms with Gasteiger partial charge < -0.3 is 19.2 Å². The van der Waals surface area contributed by atoms with Gasteiger partial charge in [0.1, 0.15) is 23.3 Å². The van der Waals surface area contributed by atoms with Crippen molar-refractivity contribution < 1.29 is 31.9 Å². The monoisotopic (exact) mass is 443 g/mol. The van der Waals surface area contributed by atoms with E-state index >= 15 is 0 Å². The smallest absolute Gasteiger partial charge is 0.258 e. The first-order chi connectivity index (χ1) is 14.8. The highest BCUT2D eigenvalue weighted by Gasteiger charge is 2.29. The second-order valence-corrected chi connectivity index (χ2v) is 9.55. The molecule has 162 valence electrons. The van der Waals surface area contributed by atoms with Crippen LogP contribution in [0.25, 0.3) is 11.0 Å². The number of amides is 1. The number of rotatable bonds is 7. The number of nitrogens with one attached hydrogen (secondary N) is 1. The Hall–Kier alpha value is -3.33. The second kappa shape index (κ2) is 8.43. The van der Waals surface area contributed by atoms with E-state index in [9.17, 15) is 18.0 Å². The van der Waals surface area contributed by atoms with Crippen molar-refractivity contribution in [2.24, 2.45) is 0 Å². The maximum Gasteiger partial charge on any atom is 0.258 e. The lowest BCUT2D eigenvalue weighted by atomic mass is 10.0. The number of furan rings is 1. The van der Waals surface area contributed by atoms with Crippen molar-refractivity contribution >= 4 is 32.5 Å². The van der Waals surface area contributed by atoms with E-state index in [0.717, 1.165) is 0 Å². The van der Waals surface area contributed by atoms with Gasteiger partial charge in [-0.3, -0.25) is 9.59 Å². The number of methoxy groups -OCH3 is 1. The predicted molar refractivity (Wildman–Crippen MR) is 113 cm³/mol. The molecule has 1 aliphatic rings. The molecule has 1 atom stereocenters. The minimum Gasteiger partial charge on any atom is -0.497 e. The van der Waals surface area contributed by atoms with Crippen LogP contribution in [0.2, 0.25) is 0 Å². The first-order valence-corrected chi connectivity index (χ1v) is 11.5. The number of sulfone groups is 1. The number of benzene rings is 2. The topological polar surface area (TPSA) is 112 Å². The van der Waals surface area contributed by atoms with Crippen molar-refractivity contribution in [1.82, 2.24) is 5.32 Å². The highest BCUT2D eigenvalue weighted by molar-refractivity contribution is 7.91. The largest absolute Gasteiger partial charge is 0.497 e. The van der Waals surface area contributed by atoms with E-state index in [1.54, 1.807) is 49.6 Å². The Morgan fingerprint density at radius 2 is 1.87 bits per heavy atom. The Morgan fingerprint density at radius 1 is 1.13 bits per heavy atom. The minimum absolute atomic E-state index is 0.0451. The van der Waals surface area contributed by atoms with Gasteiger partial charge in [-0.2, -0.15) is 0 Å². The molecule has 1 aliphatic heterocycles. The quantitative estimate of drug-likeness (QED) is 0.558. The Morgan fingerprint density at radius 3 is 2.55 bits per heavy atom. The van der Waals surface area contributed by atoms with Gasteiger partial charge >= 0.3 is 0 Å². The van der Waals surface area contributed by atoms with Crippen LogP contribution in [0.3, 0.4) is 0 Å². The number of hydrogen-bond donors (Lipinski definition) is 1. The molecule has 1 amide bonds. The summed E-state index contributed by atoms with van der Waals surface area (Å²) in [6.45, 7) is -0.262. The average molecular weight is 443 g/mol. The van der Waals surface area contributed by atoms with E-state index in [1.165, 1.54) is 6.26 Å². The molecule has 9 heteroatoms. The zero-order valence-corrected chi connectivity index (χ0v) is 17.6. The molecule has 1 aromatic heterocycles. The number of hydrogen-bond acceptors (Lipinski definition) is 7. The molecular weight excluding hydrogens is 422 g/mol. The SMILES string of the molecule is COc1ccc(C(=O)c2coc3ccc(OCC(=O)N[C@@H]4CCS(=O)(=O)C4)cc23)cc1. The standard InChI is InChI=1S/C22H21NO7S/c1-28-16-4-2-14(3-5-16)22(25)19-11-30-20-7-6-17(10-18(19)20)29-12-21(24)23-15-8-9-31(26,27)13-15/h2-7,10-11,15H,8-9,12-13H2,1H3,(H,23,24)/t15-/m1/s1. The molecule has 8 nitrogen and oxygen atoms in total. The van der Waals surface area contributed by atoms with Crippen molar-refractivity contribution in [3.05, 3.63) is 59.9 Å². The van der Waals surface area contributed by atoms with E-state index in [4.69, 9.17) is 13.9 Å². The molecule has 0 spiro atoms. The lowest BCUT2D eigenvalue weighted by Gasteiger charge is -2.11. The van der Waals surface area contributed by atoms with E-state index in [0.29, 0.717) is 40.0 Å². The van der Waals surface area contributed by atoms with Crippen molar-refractivity contribution in [2.45, 2.75) is 12.5 Å². The third-order valence-corrected chi connectivity index (χ3v) is 6.88. The van der Waals surface area contributed by atoms with E-state index < -0.39 is 15.7 Å². The molecule has 4 rings (SSSR count). The normalized spacial score (nSPS) is 17.4. The molecule has 2 heterocycles. The molecule has 0 saturated carbocycles. The van der Waals surface area contributed by atoms with Gasteiger partial charge in [-0.25, -0.2) is 8.42 Å². The van der Waals surface area contributed by atoms with Crippen molar-refractivity contribution in [2.75, 3.05) is 25.2 Å². The van der Waals surface area contributed by atoms with Crippen LogP contribution < -0.4 is 14.8 Å². The van der Waals surface area contributed by atoms with E-state index in [-0.39, 0.29) is 29.9 Å². The molecular formula is C22H21NO7S. The number of ketones is 1. The third kappa shape index (κ3) is 4.72. The molecule has 3 aromatic rings. The summed E-state index contributed by atoms with van der Waals surface area (Å²) in [5.74, 6) is 0.477. The molecule has 0 aliphatic carbocycles. The van der Waals surface area contributed by atoms with Crippen LogP contribution in [0.5, 0.6) is 11.5 Å². The Bertz CT molecular complexity index is 1230. The van der Waals surface area contributed by atoms with Crippen molar-refractivity contribution in [1.29, 1.82) is 0 Å². The second-order valence-electron chi connectivity index (χ2n) is 7.32. The van der Waals surface area contributed by atoms with E-state index in [2.05, 4.69) is 5.32 Å². The Balaban J connectivity index is 1.45. The van der Waals surface area contributed by atoms with Gasteiger partial charge in [0, 0.05) is 17.0 Å². The molecule has 1 N–H and O–H groups in total. The van der Waals surface area contributed by atoms with Gasteiger partial charge in [-0.05, 0) is 48.9 Å². The molecule has 0 radical (unpaired) electrons. The zero-order chi connectivity index (χ0) is 22.0. The van der Waals surface area contributed by atoms with Crippen LogP contribution >= 0.6 is 0 Å². The van der Waals surface area contributed by atoms with Crippen LogP contribution in [-0.2, 0) is 14.6 Å². The van der Waals surface area contributed by atoms with Crippen LogP contribution in [-0.4, -0.2) is 51.4 Å². The summed E-state index contributed by atoms with van der Waals surface area (Å²) in [4.78, 5) is 25.0. The summed E-state index contributed by atoms with van der Waals surface area (Å²) in [6, 6.07) is 11.3. The van der Waals surface area contributed by atoms with Crippen molar-refractivity contribution in [3.63, 3.8) is 0 Å². The minimum atomic E-state index is -3.07. The maximum absolute atomic E-state index is 12.9. The van der Waals surface area contributed by atoms with Gasteiger partial charge in [0.15, 0.2) is 22.2 Å². The van der Waals surface area contributed by atoms with E-state index in [1.807, 2.05) is 0 Å². The van der Waals surface area contributed by atoms with Crippen LogP contribution in [0.4, 0.5) is 0 Å². The molecule has 0 unspecified atom stereocenters. The average Bonchev–Trinajstić information content (AvgIpc) is 3.33. The fourth-order valence-corrected chi connectivity index (χ4v) is 5.17. The summed E-state index contributed by atoms with van der Waals surface area (Å²) in [7, 11) is -1.52. The van der Waals surface area contributed by atoms with Gasteiger partial charge in [-0.15, -0.1) is 0 Å². The maximum atomic E-state index is 12.9. The van der Waals surface area contributed by atoms with Gasteiger partial charge in [0.2, 0.25) is 0 Å². The van der Waals surface area contributed by atoms with Crippen LogP contribution in [0.1, 0.15) is 22.3 Å². The summed E-state index contributed by atoms with van der Waals surface area (Å²) >= 11 is 0. The highest BCUT2D eigenvalue weighted by atomic mass is 32.2. The lowest BCUT2D eigenvalue weighted by Crippen LogP contribution is -2.38. The van der Waals surface area contributed by atoms with Gasteiger partial charge in [-0.1, -0.05) is 0 Å². The number of ether oxygens (including phenoxy) is 2. The lowest BCUT2D eigenvalue weighted by molar-refractivity contribution is -0.123. The van der Waals surface area contributed by atoms with Crippen molar-refractivity contribution in [3.8, 4) is 11.5 Å². The first kappa shape index (κ1) is 20.9. The summed E-state index contributed by atoms with van der Waals surface area (Å²) in [5.41, 5.74) is 1.39. The summed E-state index contributed by atoms with van der Waals surface area (Å²) < 4.78 is 39.1. The first-order valence-electron chi connectivity index (χ1n) is 9.67. The molecule has 1 saturated heterocycles. The van der Waals surface area contributed by atoms with Gasteiger partial charge in [0.25, 0.3) is 5.91 Å². The number of fused-ring (bicyclic) bond motifs is 1. The zero-order valence-electron chi connectivity index (χ0n) is 16.8. The molecule has 31 heavy (non-hydrogen) atoms. The Labute approximate surface area is 179 Å². The van der Waals surface area contributed by atoms with Gasteiger partial charge in [0.05, 0.1) is 24.2 Å². The third-order valence-electron chi connectivity index (χ3n) is 5.11. The fourth-order valence-electron chi connectivity index (χ4n) is 3.50. The summed E-state index contributed by atoms with van der Waals surface area (Å²) in [6.07, 6.45) is 1.81. The molecule has 1 fully saturated rings. The predicted octanol–water partition coefficient (Wildman–Crippen LogP) is 2.35. The van der Waals surface area contributed by atoms with Crippen LogP contribution in [0.15, 0.2) is 53.1 Å². The highest BCUT2D eigenvalue weighted by Crippen LogP contribution is 2.28. The molecule has 2 aromatic carbocycles. The summed E-state index contributed by atoms with van der Waals surface area (Å²) in [5, 5.41) is 3.24.